The zero-order chi connectivity index (χ0) is 12.1. The van der Waals surface area contributed by atoms with Gasteiger partial charge in [-0.3, -0.25) is 0 Å². The molecule has 1 aromatic carbocycles. The molecule has 16 heavy (non-hydrogen) atoms. The van der Waals surface area contributed by atoms with Gasteiger partial charge in [-0.25, -0.2) is 4.39 Å². The van der Waals surface area contributed by atoms with E-state index in [0.29, 0.717) is 12.1 Å². The molecule has 0 radical (unpaired) electrons. The van der Waals surface area contributed by atoms with Crippen LogP contribution in [0, 0.1) is 5.82 Å². The van der Waals surface area contributed by atoms with Crippen LogP contribution in [0.15, 0.2) is 36.5 Å². The fourth-order valence-electron chi connectivity index (χ4n) is 1.66. The minimum atomic E-state index is -0.171. The summed E-state index contributed by atoms with van der Waals surface area (Å²) in [4.78, 5) is 1.98. The van der Waals surface area contributed by atoms with E-state index in [1.54, 1.807) is 6.07 Å². The molecule has 0 aliphatic heterocycles. The number of hydrogen-bond acceptors (Lipinski definition) is 2. The molecule has 1 atom stereocenters. The van der Waals surface area contributed by atoms with Crippen LogP contribution in [0.5, 0.6) is 0 Å². The lowest BCUT2D eigenvalue weighted by Crippen LogP contribution is -2.31. The summed E-state index contributed by atoms with van der Waals surface area (Å²) in [6.45, 7) is 6.49. The zero-order valence-electron chi connectivity index (χ0n) is 10.1. The van der Waals surface area contributed by atoms with Crippen molar-refractivity contribution in [1.82, 2.24) is 10.2 Å². The van der Waals surface area contributed by atoms with Gasteiger partial charge in [0.15, 0.2) is 0 Å². The topological polar surface area (TPSA) is 15.3 Å². The molecule has 2 nitrogen and oxygen atoms in total. The summed E-state index contributed by atoms with van der Waals surface area (Å²) >= 11 is 0. The van der Waals surface area contributed by atoms with Crippen LogP contribution in [0.1, 0.15) is 18.5 Å². The maximum Gasteiger partial charge on any atom is 0.128 e. The second-order valence-corrected chi connectivity index (χ2v) is 3.94. The van der Waals surface area contributed by atoms with Gasteiger partial charge in [0.25, 0.3) is 0 Å². The molecule has 0 spiro atoms. The number of nitrogens with one attached hydrogen (secondary N) is 1. The standard InChI is InChI=1S/C13H19FN2/c1-10(2)16(4)13(9-15-3)11-7-5-6-8-12(11)14/h5-8,13,15H,1,9H2,2-4H3. The quantitative estimate of drug-likeness (QED) is 0.823. The van der Waals surface area contributed by atoms with Gasteiger partial charge in [-0.15, -0.1) is 0 Å². The van der Waals surface area contributed by atoms with E-state index >= 15 is 0 Å². The Balaban J connectivity index is 3.02. The fourth-order valence-corrected chi connectivity index (χ4v) is 1.66. The molecule has 0 aromatic heterocycles. The van der Waals surface area contributed by atoms with E-state index in [2.05, 4.69) is 11.9 Å². The van der Waals surface area contributed by atoms with Crippen LogP contribution >= 0.6 is 0 Å². The van der Waals surface area contributed by atoms with Crippen molar-refractivity contribution in [3.63, 3.8) is 0 Å². The Morgan fingerprint density at radius 2 is 2.12 bits per heavy atom. The van der Waals surface area contributed by atoms with Gasteiger partial charge < -0.3 is 10.2 Å². The van der Waals surface area contributed by atoms with Crippen molar-refractivity contribution in [2.24, 2.45) is 0 Å². The summed E-state index contributed by atoms with van der Waals surface area (Å²) in [5, 5.41) is 3.08. The van der Waals surface area contributed by atoms with Crippen molar-refractivity contribution >= 4 is 0 Å². The molecule has 0 saturated carbocycles. The van der Waals surface area contributed by atoms with Crippen LogP contribution in [0.3, 0.4) is 0 Å². The zero-order valence-corrected chi connectivity index (χ0v) is 10.1. The number of halogens is 1. The lowest BCUT2D eigenvalue weighted by Gasteiger charge is -2.30. The largest absolute Gasteiger partial charge is 0.370 e. The summed E-state index contributed by atoms with van der Waals surface area (Å²) in [5.74, 6) is -0.171. The van der Waals surface area contributed by atoms with Crippen LogP contribution in [0.4, 0.5) is 4.39 Å². The molecular formula is C13H19FN2. The maximum atomic E-state index is 13.7. The van der Waals surface area contributed by atoms with Crippen molar-refractivity contribution in [2.45, 2.75) is 13.0 Å². The molecule has 3 heteroatoms. The van der Waals surface area contributed by atoms with E-state index < -0.39 is 0 Å². The first kappa shape index (κ1) is 12.7. The Morgan fingerprint density at radius 1 is 1.50 bits per heavy atom. The van der Waals surface area contributed by atoms with Crippen LogP contribution in [-0.4, -0.2) is 25.5 Å². The highest BCUT2D eigenvalue weighted by Gasteiger charge is 2.18. The fraction of sp³-hybridized carbons (Fsp3) is 0.385. The molecule has 0 fully saturated rings. The summed E-state index contributed by atoms with van der Waals surface area (Å²) in [5.41, 5.74) is 1.62. The first-order chi connectivity index (χ1) is 7.57. The minimum Gasteiger partial charge on any atom is -0.370 e. The van der Waals surface area contributed by atoms with Gasteiger partial charge in [0.1, 0.15) is 5.82 Å². The van der Waals surface area contributed by atoms with E-state index in [-0.39, 0.29) is 11.9 Å². The molecule has 0 bridgehead atoms. The average Bonchev–Trinajstić information content (AvgIpc) is 2.26. The molecule has 1 N–H and O–H groups in total. The summed E-state index contributed by atoms with van der Waals surface area (Å²) < 4.78 is 13.7. The van der Waals surface area contributed by atoms with Gasteiger partial charge in [0.05, 0.1) is 6.04 Å². The van der Waals surface area contributed by atoms with Gasteiger partial charge in [-0.1, -0.05) is 24.8 Å². The van der Waals surface area contributed by atoms with Crippen molar-refractivity contribution in [3.8, 4) is 0 Å². The van der Waals surface area contributed by atoms with E-state index in [4.69, 9.17) is 0 Å². The molecule has 0 heterocycles. The Morgan fingerprint density at radius 3 is 2.62 bits per heavy atom. The van der Waals surface area contributed by atoms with Crippen molar-refractivity contribution in [3.05, 3.63) is 47.9 Å². The highest BCUT2D eigenvalue weighted by Crippen LogP contribution is 2.23. The van der Waals surface area contributed by atoms with Gasteiger partial charge in [0.2, 0.25) is 0 Å². The molecule has 1 unspecified atom stereocenters. The van der Waals surface area contributed by atoms with Crippen LogP contribution in [-0.2, 0) is 0 Å². The molecule has 0 aliphatic rings. The summed E-state index contributed by atoms with van der Waals surface area (Å²) in [6.07, 6.45) is 0. The van der Waals surface area contributed by atoms with Crippen molar-refractivity contribution < 1.29 is 4.39 Å². The summed E-state index contributed by atoms with van der Waals surface area (Å²) in [7, 11) is 3.79. The normalized spacial score (nSPS) is 12.2. The number of benzene rings is 1. The average molecular weight is 222 g/mol. The lowest BCUT2D eigenvalue weighted by molar-refractivity contribution is 0.297. The van der Waals surface area contributed by atoms with Gasteiger partial charge in [0, 0.05) is 24.9 Å². The monoisotopic (exact) mass is 222 g/mol. The third-order valence-electron chi connectivity index (χ3n) is 2.73. The number of rotatable bonds is 5. The van der Waals surface area contributed by atoms with Crippen LogP contribution in [0.2, 0.25) is 0 Å². The molecule has 1 rings (SSSR count). The van der Waals surface area contributed by atoms with Gasteiger partial charge >= 0.3 is 0 Å². The number of allylic oxidation sites excluding steroid dienone is 1. The predicted molar refractivity (Wildman–Crippen MR) is 65.6 cm³/mol. The Labute approximate surface area is 96.8 Å². The molecule has 0 amide bonds. The van der Waals surface area contributed by atoms with Crippen LogP contribution < -0.4 is 5.32 Å². The molecule has 1 aromatic rings. The highest BCUT2D eigenvalue weighted by atomic mass is 19.1. The van der Waals surface area contributed by atoms with Gasteiger partial charge in [-0.2, -0.15) is 0 Å². The van der Waals surface area contributed by atoms with E-state index in [0.717, 1.165) is 5.70 Å². The Bertz CT molecular complexity index is 363. The number of hydrogen-bond donors (Lipinski definition) is 1. The number of nitrogens with zero attached hydrogens (tertiary/aromatic N) is 1. The highest BCUT2D eigenvalue weighted by molar-refractivity contribution is 5.22. The first-order valence-electron chi connectivity index (χ1n) is 5.35. The molecule has 88 valence electrons. The van der Waals surface area contributed by atoms with Gasteiger partial charge in [-0.05, 0) is 20.0 Å². The van der Waals surface area contributed by atoms with E-state index in [1.165, 1.54) is 6.07 Å². The molecule has 0 saturated heterocycles. The smallest absolute Gasteiger partial charge is 0.128 e. The Kier molecular flexibility index (Phi) is 4.50. The third kappa shape index (κ3) is 2.83. The van der Waals surface area contributed by atoms with Crippen molar-refractivity contribution in [1.29, 1.82) is 0 Å². The SMILES string of the molecule is C=C(C)N(C)C(CNC)c1ccccc1F. The molecular weight excluding hydrogens is 203 g/mol. The molecule has 0 aliphatic carbocycles. The third-order valence-corrected chi connectivity index (χ3v) is 2.73. The van der Waals surface area contributed by atoms with Crippen LogP contribution in [0.25, 0.3) is 0 Å². The predicted octanol–water partition coefficient (Wildman–Crippen LogP) is 2.55. The second kappa shape index (κ2) is 5.66. The van der Waals surface area contributed by atoms with Crippen molar-refractivity contribution in [2.75, 3.05) is 20.6 Å². The Hall–Kier alpha value is -1.35. The summed E-state index contributed by atoms with van der Waals surface area (Å²) in [6, 6.07) is 6.84. The number of likely N-dealkylation sites (N-methyl/N-ethyl adjacent to an activating group) is 2. The van der Waals surface area contributed by atoms with E-state index in [1.807, 2.05) is 38.1 Å². The lowest BCUT2D eigenvalue weighted by atomic mass is 10.0. The second-order valence-electron chi connectivity index (χ2n) is 3.94. The minimum absolute atomic E-state index is 0.0244. The van der Waals surface area contributed by atoms with E-state index in [9.17, 15) is 4.39 Å². The first-order valence-corrected chi connectivity index (χ1v) is 5.35. The maximum absolute atomic E-state index is 13.7.